The number of nitrogen functional groups attached to an aromatic ring is 1. The molecule has 0 aromatic heterocycles. The zero-order chi connectivity index (χ0) is 18.0. The van der Waals surface area contributed by atoms with E-state index in [0.717, 1.165) is 10.5 Å². The maximum absolute atomic E-state index is 12.7. The van der Waals surface area contributed by atoms with Crippen molar-refractivity contribution in [3.63, 3.8) is 0 Å². The van der Waals surface area contributed by atoms with E-state index in [1.807, 2.05) is 24.3 Å². The van der Waals surface area contributed by atoms with Gasteiger partial charge in [-0.3, -0.25) is 14.4 Å². The molecule has 1 heterocycles. The zero-order valence-corrected chi connectivity index (χ0v) is 13.9. The molecule has 2 aromatic carbocycles. The molecule has 0 saturated heterocycles. The Hall–Kier alpha value is -3.15. The smallest absolute Gasteiger partial charge is 0.323 e. The Balaban J connectivity index is 1.83. The average molecular weight is 337 g/mol. The summed E-state index contributed by atoms with van der Waals surface area (Å²) < 4.78 is 0. The average Bonchev–Trinajstić information content (AvgIpc) is 2.60. The standard InChI is InChI=1S/C19H19N3O3/c1-13(23)22(17-8-4-7-16(20)11-17)19(25)18(24)21-10-9-14-5-2-3-6-15(14)12-21/h2-8,11H,9-10,12,20H2,1H3. The van der Waals surface area contributed by atoms with E-state index in [1.54, 1.807) is 18.2 Å². The normalized spacial score (nSPS) is 13.1. The minimum absolute atomic E-state index is 0.295. The molecule has 0 aliphatic carbocycles. The fourth-order valence-corrected chi connectivity index (χ4v) is 3.01. The van der Waals surface area contributed by atoms with E-state index in [2.05, 4.69) is 0 Å². The third-order valence-corrected chi connectivity index (χ3v) is 4.25. The Bertz CT molecular complexity index is 847. The van der Waals surface area contributed by atoms with Crippen LogP contribution < -0.4 is 10.6 Å². The molecule has 0 saturated carbocycles. The molecule has 6 nitrogen and oxygen atoms in total. The number of amides is 3. The fourth-order valence-electron chi connectivity index (χ4n) is 3.01. The van der Waals surface area contributed by atoms with Crippen molar-refractivity contribution in [2.45, 2.75) is 19.9 Å². The molecule has 1 aliphatic heterocycles. The lowest BCUT2D eigenvalue weighted by molar-refractivity contribution is -0.146. The van der Waals surface area contributed by atoms with Crippen LogP contribution in [0.3, 0.4) is 0 Å². The lowest BCUT2D eigenvalue weighted by atomic mass is 10.00. The van der Waals surface area contributed by atoms with Gasteiger partial charge in [0.05, 0.1) is 5.69 Å². The second kappa shape index (κ2) is 6.76. The first-order valence-corrected chi connectivity index (χ1v) is 8.03. The molecule has 1 aliphatic rings. The van der Waals surface area contributed by atoms with E-state index in [9.17, 15) is 14.4 Å². The SMILES string of the molecule is CC(=O)N(C(=O)C(=O)N1CCc2ccccc2C1)c1cccc(N)c1. The molecule has 3 rings (SSSR count). The first kappa shape index (κ1) is 16.7. The Morgan fingerprint density at radius 2 is 1.76 bits per heavy atom. The van der Waals surface area contributed by atoms with Crippen molar-refractivity contribution in [1.82, 2.24) is 4.90 Å². The number of hydrogen-bond acceptors (Lipinski definition) is 4. The molecular weight excluding hydrogens is 318 g/mol. The molecular formula is C19H19N3O3. The van der Waals surface area contributed by atoms with Gasteiger partial charge in [-0.2, -0.15) is 0 Å². The van der Waals surface area contributed by atoms with Crippen molar-refractivity contribution in [3.8, 4) is 0 Å². The third-order valence-electron chi connectivity index (χ3n) is 4.25. The Labute approximate surface area is 145 Å². The first-order valence-electron chi connectivity index (χ1n) is 8.03. The molecule has 3 amide bonds. The van der Waals surface area contributed by atoms with Crippen molar-refractivity contribution >= 4 is 29.1 Å². The first-order chi connectivity index (χ1) is 12.0. The van der Waals surface area contributed by atoms with Gasteiger partial charge < -0.3 is 10.6 Å². The lowest BCUT2D eigenvalue weighted by Gasteiger charge is -2.30. The van der Waals surface area contributed by atoms with Crippen molar-refractivity contribution in [1.29, 1.82) is 0 Å². The van der Waals surface area contributed by atoms with E-state index in [0.29, 0.717) is 30.9 Å². The number of carbonyl (C=O) groups is 3. The highest BCUT2D eigenvalue weighted by Gasteiger charge is 2.32. The van der Waals surface area contributed by atoms with Crippen LogP contribution in [0.1, 0.15) is 18.1 Å². The number of anilines is 2. The summed E-state index contributed by atoms with van der Waals surface area (Å²) >= 11 is 0. The number of benzene rings is 2. The number of rotatable bonds is 1. The molecule has 0 fully saturated rings. The molecule has 25 heavy (non-hydrogen) atoms. The molecule has 6 heteroatoms. The minimum Gasteiger partial charge on any atom is -0.399 e. The highest BCUT2D eigenvalue weighted by atomic mass is 16.2. The summed E-state index contributed by atoms with van der Waals surface area (Å²) in [6.07, 6.45) is 0.688. The Kier molecular flexibility index (Phi) is 4.52. The second-order valence-corrected chi connectivity index (χ2v) is 6.00. The van der Waals surface area contributed by atoms with Crippen molar-refractivity contribution in [2.75, 3.05) is 17.2 Å². The molecule has 2 N–H and O–H groups in total. The summed E-state index contributed by atoms with van der Waals surface area (Å²) in [5.41, 5.74) is 8.63. The summed E-state index contributed by atoms with van der Waals surface area (Å²) in [5.74, 6) is -2.08. The van der Waals surface area contributed by atoms with E-state index in [1.165, 1.54) is 23.5 Å². The highest BCUT2D eigenvalue weighted by Crippen LogP contribution is 2.21. The summed E-state index contributed by atoms with van der Waals surface area (Å²) in [6, 6.07) is 14.2. The van der Waals surface area contributed by atoms with Crippen molar-refractivity contribution < 1.29 is 14.4 Å². The number of imide groups is 1. The largest absolute Gasteiger partial charge is 0.399 e. The van der Waals surface area contributed by atoms with E-state index in [-0.39, 0.29) is 0 Å². The number of carbonyl (C=O) groups excluding carboxylic acids is 3. The van der Waals surface area contributed by atoms with Crippen LogP contribution >= 0.6 is 0 Å². The molecule has 0 unspecified atom stereocenters. The predicted molar refractivity (Wildman–Crippen MR) is 94.6 cm³/mol. The van der Waals surface area contributed by atoms with Crippen molar-refractivity contribution in [2.24, 2.45) is 0 Å². The number of nitrogens with two attached hydrogens (primary N) is 1. The summed E-state index contributed by atoms with van der Waals surface area (Å²) in [5, 5.41) is 0. The maximum atomic E-state index is 12.7. The summed E-state index contributed by atoms with van der Waals surface area (Å²) in [4.78, 5) is 39.7. The van der Waals surface area contributed by atoms with Gasteiger partial charge in [-0.05, 0) is 35.7 Å². The number of nitrogens with zero attached hydrogens (tertiary/aromatic N) is 2. The topological polar surface area (TPSA) is 83.7 Å². The van der Waals surface area contributed by atoms with Gasteiger partial charge >= 0.3 is 11.8 Å². The van der Waals surface area contributed by atoms with Gasteiger partial charge in [0.1, 0.15) is 0 Å². The van der Waals surface area contributed by atoms with Crippen LogP contribution in [-0.4, -0.2) is 29.2 Å². The predicted octanol–water partition coefficient (Wildman–Crippen LogP) is 1.73. The molecule has 0 atom stereocenters. The lowest BCUT2D eigenvalue weighted by Crippen LogP contribution is -2.48. The van der Waals surface area contributed by atoms with Gasteiger partial charge in [-0.25, -0.2) is 4.90 Å². The minimum atomic E-state index is -0.863. The van der Waals surface area contributed by atoms with Crippen LogP contribution in [-0.2, 0) is 27.3 Å². The Morgan fingerprint density at radius 1 is 1.04 bits per heavy atom. The van der Waals surface area contributed by atoms with Crippen LogP contribution in [0.5, 0.6) is 0 Å². The molecule has 0 bridgehead atoms. The van der Waals surface area contributed by atoms with Crippen LogP contribution in [0.25, 0.3) is 0 Å². The van der Waals surface area contributed by atoms with Crippen LogP contribution in [0.15, 0.2) is 48.5 Å². The van der Waals surface area contributed by atoms with Crippen LogP contribution in [0, 0.1) is 0 Å². The Morgan fingerprint density at radius 3 is 2.44 bits per heavy atom. The van der Waals surface area contributed by atoms with Gasteiger partial charge in [-0.1, -0.05) is 30.3 Å². The number of fused-ring (bicyclic) bond motifs is 1. The van der Waals surface area contributed by atoms with Crippen LogP contribution in [0.4, 0.5) is 11.4 Å². The quantitative estimate of drug-likeness (QED) is 0.634. The molecule has 2 aromatic rings. The van der Waals surface area contributed by atoms with Gasteiger partial charge in [0.2, 0.25) is 5.91 Å². The van der Waals surface area contributed by atoms with Gasteiger partial charge in [0, 0.05) is 25.7 Å². The third kappa shape index (κ3) is 3.38. The second-order valence-electron chi connectivity index (χ2n) is 6.00. The van der Waals surface area contributed by atoms with Gasteiger partial charge in [0.25, 0.3) is 0 Å². The maximum Gasteiger partial charge on any atom is 0.323 e. The molecule has 0 radical (unpaired) electrons. The van der Waals surface area contributed by atoms with Crippen LogP contribution in [0.2, 0.25) is 0 Å². The summed E-state index contributed by atoms with van der Waals surface area (Å²) in [6.45, 7) is 2.06. The van der Waals surface area contributed by atoms with E-state index >= 15 is 0 Å². The fraction of sp³-hybridized carbons (Fsp3) is 0.211. The molecule has 0 spiro atoms. The van der Waals surface area contributed by atoms with Gasteiger partial charge in [-0.15, -0.1) is 0 Å². The van der Waals surface area contributed by atoms with Crippen molar-refractivity contribution in [3.05, 3.63) is 59.7 Å². The van der Waals surface area contributed by atoms with Gasteiger partial charge in [0.15, 0.2) is 0 Å². The number of hydrogen-bond donors (Lipinski definition) is 1. The summed E-state index contributed by atoms with van der Waals surface area (Å²) in [7, 11) is 0. The highest BCUT2D eigenvalue weighted by molar-refractivity contribution is 6.45. The molecule has 128 valence electrons. The van der Waals surface area contributed by atoms with E-state index in [4.69, 9.17) is 5.73 Å². The zero-order valence-electron chi connectivity index (χ0n) is 13.9. The monoisotopic (exact) mass is 337 g/mol. The van der Waals surface area contributed by atoms with E-state index < -0.39 is 17.7 Å².